The van der Waals surface area contributed by atoms with E-state index >= 15 is 0 Å². The first-order valence-corrected chi connectivity index (χ1v) is 6.65. The molecule has 0 heterocycles. The Labute approximate surface area is 114 Å². The molecule has 0 spiro atoms. The Morgan fingerprint density at radius 3 is 2.68 bits per heavy atom. The predicted octanol–water partition coefficient (Wildman–Crippen LogP) is 1.66. The van der Waals surface area contributed by atoms with E-state index in [-0.39, 0.29) is 19.1 Å². The zero-order chi connectivity index (χ0) is 14.3. The number of carboxylic acids is 1. The van der Waals surface area contributed by atoms with Gasteiger partial charge in [-0.15, -0.1) is 0 Å². The van der Waals surface area contributed by atoms with Gasteiger partial charge in [-0.25, -0.2) is 0 Å². The van der Waals surface area contributed by atoms with E-state index in [4.69, 9.17) is 10.2 Å². The van der Waals surface area contributed by atoms with Crippen molar-refractivity contribution in [2.75, 3.05) is 13.2 Å². The van der Waals surface area contributed by atoms with E-state index in [1.807, 2.05) is 19.9 Å². The molecule has 0 saturated carbocycles. The Morgan fingerprint density at radius 2 is 2.11 bits per heavy atom. The van der Waals surface area contributed by atoms with Crippen LogP contribution in [0, 0.1) is 13.8 Å². The van der Waals surface area contributed by atoms with Crippen LogP contribution >= 0.6 is 0 Å². The number of aryl methyl sites for hydroxylation is 2. The van der Waals surface area contributed by atoms with E-state index in [0.717, 1.165) is 0 Å². The predicted molar refractivity (Wildman–Crippen MR) is 75.4 cm³/mol. The molecule has 0 aliphatic carbocycles. The summed E-state index contributed by atoms with van der Waals surface area (Å²) in [6.45, 7) is 4.86. The molecule has 3 N–H and O–H groups in total. The Balaban J connectivity index is 2.66. The largest absolute Gasteiger partial charge is 0.481 e. The van der Waals surface area contributed by atoms with Gasteiger partial charge in [0.25, 0.3) is 0 Å². The van der Waals surface area contributed by atoms with Gasteiger partial charge in [0.15, 0.2) is 0 Å². The molecule has 4 nitrogen and oxygen atoms in total. The molecule has 0 amide bonds. The second-order valence-electron chi connectivity index (χ2n) is 4.96. The molecular weight excluding hydrogens is 242 g/mol. The Hall–Kier alpha value is -1.39. The normalized spacial score (nSPS) is 12.4. The van der Waals surface area contributed by atoms with E-state index in [1.165, 1.54) is 16.7 Å². The molecule has 0 radical (unpaired) electrons. The first kappa shape index (κ1) is 15.7. The molecule has 0 aliphatic heterocycles. The Morgan fingerprint density at radius 1 is 1.37 bits per heavy atom. The highest BCUT2D eigenvalue weighted by Gasteiger charge is 2.14. The fraction of sp³-hybridized carbons (Fsp3) is 0.533. The second-order valence-corrected chi connectivity index (χ2v) is 4.96. The van der Waals surface area contributed by atoms with Crippen molar-refractivity contribution >= 4 is 5.97 Å². The van der Waals surface area contributed by atoms with E-state index in [2.05, 4.69) is 17.4 Å². The minimum atomic E-state index is -0.800. The molecule has 1 atom stereocenters. The number of aliphatic hydroxyl groups excluding tert-OH is 1. The topological polar surface area (TPSA) is 69.6 Å². The number of hydrogen-bond acceptors (Lipinski definition) is 3. The Bertz CT molecular complexity index is 418. The maximum atomic E-state index is 10.9. The van der Waals surface area contributed by atoms with Crippen molar-refractivity contribution < 1.29 is 15.0 Å². The van der Waals surface area contributed by atoms with Gasteiger partial charge in [0.1, 0.15) is 0 Å². The lowest BCUT2D eigenvalue weighted by Crippen LogP contribution is -2.34. The monoisotopic (exact) mass is 265 g/mol. The van der Waals surface area contributed by atoms with Crippen LogP contribution in [0.5, 0.6) is 0 Å². The third-order valence-electron chi connectivity index (χ3n) is 3.15. The summed E-state index contributed by atoms with van der Waals surface area (Å²) in [6.07, 6.45) is 1.44. The average Bonchev–Trinajstić information content (AvgIpc) is 2.32. The molecule has 19 heavy (non-hydrogen) atoms. The van der Waals surface area contributed by atoms with E-state index < -0.39 is 5.97 Å². The minimum Gasteiger partial charge on any atom is -0.481 e. The number of carbonyl (C=O) groups is 1. The van der Waals surface area contributed by atoms with Gasteiger partial charge in [0.05, 0.1) is 6.42 Å². The van der Waals surface area contributed by atoms with Crippen molar-refractivity contribution in [1.29, 1.82) is 0 Å². The molecule has 0 aliphatic rings. The van der Waals surface area contributed by atoms with E-state index in [9.17, 15) is 4.79 Å². The van der Waals surface area contributed by atoms with Crippen molar-refractivity contribution in [3.63, 3.8) is 0 Å². The molecule has 0 aromatic heterocycles. The summed E-state index contributed by atoms with van der Waals surface area (Å²) >= 11 is 0. The zero-order valence-corrected chi connectivity index (χ0v) is 11.6. The molecule has 4 heteroatoms. The van der Waals surface area contributed by atoms with Gasteiger partial charge in [-0.05, 0) is 44.4 Å². The lowest BCUT2D eigenvalue weighted by Gasteiger charge is -2.18. The van der Waals surface area contributed by atoms with Gasteiger partial charge in [-0.3, -0.25) is 4.79 Å². The molecule has 1 unspecified atom stereocenters. The summed E-state index contributed by atoms with van der Waals surface area (Å²) in [5, 5.41) is 20.9. The third-order valence-corrected chi connectivity index (χ3v) is 3.15. The Kier molecular flexibility index (Phi) is 6.53. The van der Waals surface area contributed by atoms with E-state index in [1.54, 1.807) is 0 Å². The molecule has 106 valence electrons. The first-order chi connectivity index (χ1) is 9.02. The maximum Gasteiger partial charge on any atom is 0.304 e. The molecular formula is C15H23NO3. The number of benzene rings is 1. The highest BCUT2D eigenvalue weighted by atomic mass is 16.4. The van der Waals surface area contributed by atoms with E-state index in [0.29, 0.717) is 19.4 Å². The van der Waals surface area contributed by atoms with Gasteiger partial charge in [0, 0.05) is 12.6 Å². The quantitative estimate of drug-likeness (QED) is 0.625. The molecule has 1 aromatic carbocycles. The summed E-state index contributed by atoms with van der Waals surface area (Å²) in [7, 11) is 0. The highest BCUT2D eigenvalue weighted by Crippen LogP contribution is 2.14. The van der Waals surface area contributed by atoms with Crippen LogP contribution in [0.2, 0.25) is 0 Å². The van der Waals surface area contributed by atoms with Crippen LogP contribution in [0.1, 0.15) is 29.5 Å². The third kappa shape index (κ3) is 5.85. The van der Waals surface area contributed by atoms with Gasteiger partial charge in [-0.1, -0.05) is 23.8 Å². The fourth-order valence-electron chi connectivity index (χ4n) is 2.15. The SMILES string of the molecule is Cc1ccc(CC(CC(=O)O)NCCCO)c(C)c1. The van der Waals surface area contributed by atoms with Crippen molar-refractivity contribution in [3.8, 4) is 0 Å². The number of carboxylic acid groups (broad SMARTS) is 1. The van der Waals surface area contributed by atoms with Crippen molar-refractivity contribution in [2.24, 2.45) is 0 Å². The molecule has 0 fully saturated rings. The van der Waals surface area contributed by atoms with Crippen molar-refractivity contribution in [3.05, 3.63) is 34.9 Å². The van der Waals surface area contributed by atoms with Crippen LogP contribution in [-0.2, 0) is 11.2 Å². The van der Waals surface area contributed by atoms with Crippen molar-refractivity contribution in [2.45, 2.75) is 39.2 Å². The lowest BCUT2D eigenvalue weighted by atomic mass is 9.97. The smallest absolute Gasteiger partial charge is 0.304 e. The average molecular weight is 265 g/mol. The number of nitrogens with one attached hydrogen (secondary N) is 1. The first-order valence-electron chi connectivity index (χ1n) is 6.65. The van der Waals surface area contributed by atoms with Crippen LogP contribution in [0.25, 0.3) is 0 Å². The van der Waals surface area contributed by atoms with Gasteiger partial charge in [0.2, 0.25) is 0 Å². The van der Waals surface area contributed by atoms with Crippen LogP contribution in [0.4, 0.5) is 0 Å². The van der Waals surface area contributed by atoms with Crippen LogP contribution in [0.15, 0.2) is 18.2 Å². The molecule has 1 aromatic rings. The summed E-state index contributed by atoms with van der Waals surface area (Å²) in [6, 6.07) is 6.13. The van der Waals surface area contributed by atoms with Crippen LogP contribution < -0.4 is 5.32 Å². The summed E-state index contributed by atoms with van der Waals surface area (Å²) < 4.78 is 0. The highest BCUT2D eigenvalue weighted by molar-refractivity contribution is 5.67. The fourth-order valence-corrected chi connectivity index (χ4v) is 2.15. The zero-order valence-electron chi connectivity index (χ0n) is 11.6. The molecule has 0 bridgehead atoms. The lowest BCUT2D eigenvalue weighted by molar-refractivity contribution is -0.137. The number of rotatable bonds is 8. The molecule has 0 saturated heterocycles. The standard InChI is InChI=1S/C15H23NO3/c1-11-4-5-13(12(2)8-11)9-14(10-15(18)19)16-6-3-7-17/h4-5,8,14,16-17H,3,6-7,9-10H2,1-2H3,(H,18,19). The van der Waals surface area contributed by atoms with Gasteiger partial charge in [-0.2, -0.15) is 0 Å². The summed E-state index contributed by atoms with van der Waals surface area (Å²) in [5.41, 5.74) is 3.58. The van der Waals surface area contributed by atoms with Gasteiger partial charge >= 0.3 is 5.97 Å². The van der Waals surface area contributed by atoms with Crippen LogP contribution in [0.3, 0.4) is 0 Å². The van der Waals surface area contributed by atoms with Gasteiger partial charge < -0.3 is 15.5 Å². The van der Waals surface area contributed by atoms with Crippen molar-refractivity contribution in [1.82, 2.24) is 5.32 Å². The molecule has 1 rings (SSSR count). The minimum absolute atomic E-state index is 0.0922. The summed E-state index contributed by atoms with van der Waals surface area (Å²) in [4.78, 5) is 10.9. The second kappa shape index (κ2) is 7.92. The summed E-state index contributed by atoms with van der Waals surface area (Å²) in [5.74, 6) is -0.800. The number of hydrogen-bond donors (Lipinski definition) is 3. The number of aliphatic hydroxyl groups is 1. The van der Waals surface area contributed by atoms with Crippen LogP contribution in [-0.4, -0.2) is 35.4 Å². The number of aliphatic carboxylic acids is 1. The maximum absolute atomic E-state index is 10.9.